The molecule has 0 bridgehead atoms. The topological polar surface area (TPSA) is 30.3 Å². The number of hydrogen-bond donors (Lipinski definition) is 0. The fourth-order valence-corrected chi connectivity index (χ4v) is 17.6. The Labute approximate surface area is 376 Å². The number of para-hydroxylation sites is 2. The average molecular weight is 942 g/mol. The van der Waals surface area contributed by atoms with E-state index in [1.807, 2.05) is 0 Å². The van der Waals surface area contributed by atoms with E-state index in [1.54, 1.807) is 6.07 Å². The third-order valence-corrected chi connectivity index (χ3v) is 19.8. The van der Waals surface area contributed by atoms with Crippen LogP contribution in [0.25, 0.3) is 0 Å². The normalized spacial score (nSPS) is 15.2. The number of benzene rings is 6. The maximum Gasteiger partial charge on any atom is 0.673 e. The van der Waals surface area contributed by atoms with Gasteiger partial charge in [0.2, 0.25) is 0 Å². The third kappa shape index (κ3) is 18.0. The molecule has 0 saturated carbocycles. The maximum absolute atomic E-state index is 9.75. The summed E-state index contributed by atoms with van der Waals surface area (Å²) < 4.78 is 39.0. The van der Waals surface area contributed by atoms with E-state index in [2.05, 4.69) is 192 Å². The molecule has 0 atom stereocenters. The van der Waals surface area contributed by atoms with Crippen molar-refractivity contribution in [2.24, 2.45) is 0 Å². The van der Waals surface area contributed by atoms with E-state index in [0.29, 0.717) is 0 Å². The summed E-state index contributed by atoms with van der Waals surface area (Å²) in [5.41, 5.74) is 2.81. The zero-order valence-corrected chi connectivity index (χ0v) is 39.1. The van der Waals surface area contributed by atoms with Crippen molar-refractivity contribution in [1.82, 2.24) is 0 Å². The Morgan fingerprint density at radius 3 is 0.918 bits per heavy atom. The van der Waals surface area contributed by atoms with Gasteiger partial charge in [-0.1, -0.05) is 174 Å². The first-order chi connectivity index (χ1) is 29.2. The summed E-state index contributed by atoms with van der Waals surface area (Å²) in [7, 11) is -7.20. The molecular weight excluding hydrogens is 888 g/mol. The van der Waals surface area contributed by atoms with Gasteiger partial charge in [0, 0.05) is 60.2 Å². The fraction of sp³-hybridized carbons (Fsp3) is 0.229. The number of nitriles is 1. The Kier molecular flexibility index (Phi) is 22.6. The van der Waals surface area contributed by atoms with Gasteiger partial charge in [-0.3, -0.25) is 0 Å². The fourth-order valence-electron chi connectivity index (χ4n) is 7.18. The summed E-state index contributed by atoms with van der Waals surface area (Å²) in [5, 5.41) is 13.3. The van der Waals surface area contributed by atoms with Crippen LogP contribution < -0.4 is 31.0 Å². The first kappa shape index (κ1) is 50.1. The summed E-state index contributed by atoms with van der Waals surface area (Å²) in [6.07, 6.45) is 12.3. The second-order valence-corrected chi connectivity index (χ2v) is 23.6. The average Bonchev–Trinajstić information content (AvgIpc) is 3.26. The van der Waals surface area contributed by atoms with Gasteiger partial charge in [0.15, 0.2) is 0 Å². The second kappa shape index (κ2) is 27.5. The van der Waals surface area contributed by atoms with Gasteiger partial charge in [-0.25, -0.2) is 0 Å². The van der Waals surface area contributed by atoms with E-state index in [0.717, 1.165) is 0 Å². The summed E-state index contributed by atoms with van der Waals surface area (Å²) in [6.45, 7) is 1.43. The number of hydrogen-bond acceptors (Lipinski definition) is 3. The molecule has 6 aromatic carbocycles. The van der Waals surface area contributed by atoms with Crippen LogP contribution in [-0.2, 0) is 16.8 Å². The van der Waals surface area contributed by atoms with E-state index >= 15 is 0 Å². The van der Waals surface area contributed by atoms with Crippen molar-refractivity contribution in [3.05, 3.63) is 182 Å². The largest absolute Gasteiger partial charge is 0.673 e. The van der Waals surface area contributed by atoms with Crippen LogP contribution in [0.2, 0.25) is 0 Å². The molecule has 0 aliphatic carbocycles. The van der Waals surface area contributed by atoms with Crippen molar-refractivity contribution < 1.29 is 34.0 Å². The Balaban J connectivity index is 0.000000838. The molecule has 0 aromatic heterocycles. The molecule has 6 aromatic rings. The third-order valence-electron chi connectivity index (χ3n) is 9.71. The Hall–Kier alpha value is -3.58. The maximum atomic E-state index is 9.75. The van der Waals surface area contributed by atoms with Gasteiger partial charge in [0.1, 0.15) is 0 Å². The predicted molar refractivity (Wildman–Crippen MR) is 259 cm³/mol. The Morgan fingerprint density at radius 2 is 0.689 bits per heavy atom. The van der Waals surface area contributed by atoms with Crippen molar-refractivity contribution in [3.63, 3.8) is 0 Å². The first-order valence-corrected chi connectivity index (χ1v) is 27.0. The zero-order valence-electron chi connectivity index (χ0n) is 34.4. The number of anilines is 2. The molecule has 61 heavy (non-hydrogen) atoms. The molecule has 0 spiro atoms. The van der Waals surface area contributed by atoms with Crippen LogP contribution in [0.15, 0.2) is 182 Å². The van der Waals surface area contributed by atoms with Gasteiger partial charge in [0.05, 0.1) is 6.07 Å². The summed E-state index contributed by atoms with van der Waals surface area (Å²) in [6, 6.07) is 69.5. The molecule has 1 aliphatic rings. The van der Waals surface area contributed by atoms with Gasteiger partial charge in [-0.15, -0.1) is 0 Å². The van der Waals surface area contributed by atoms with Gasteiger partial charge < -0.3 is 27.1 Å². The SMILES string of the molecule is CC#N.F[B-](F)(F)F.[Co].c1ccc(N2CP(CCCP(c3ccccc3)c3ccccc3)CN(c3ccccc3)CP(CCCP(c3ccccc3)c3ccccc3)C2)cc1. The van der Waals surface area contributed by atoms with Crippen LogP contribution in [0, 0.1) is 11.3 Å². The van der Waals surface area contributed by atoms with E-state index in [-0.39, 0.29) is 48.5 Å². The minimum atomic E-state index is -6.00. The molecule has 1 radical (unpaired) electrons. The standard InChI is InChI=1S/C46H50N2P4.C2H3N.BF4.Co/c1-7-21-41(22-8-1)47-37-49(33-19-35-51(43-25-11-3-12-26-43)44-27-13-4-14-28-44)39-48(42-23-9-2-10-24-42)40-50(38-47)34-20-36-52(45-29-15-5-16-30-45)46-31-17-6-18-32-46;1-2-3;2-1(3,4)5;/h1-18,21-32H,19-20,33-40H2;1H3;;/q;;-1;. The van der Waals surface area contributed by atoms with E-state index in [1.165, 1.54) is 102 Å². The molecule has 1 heterocycles. The molecule has 1 saturated heterocycles. The minimum absolute atomic E-state index is 0. The monoisotopic (exact) mass is 941 g/mol. The number of rotatable bonds is 14. The molecule has 1 aliphatic heterocycles. The predicted octanol–water partition coefficient (Wildman–Crippen LogP) is 12.7. The number of nitrogens with zero attached hydrogens (tertiary/aromatic N) is 3. The molecular formula is C48H53BCoF4N3P4-. The van der Waals surface area contributed by atoms with E-state index in [4.69, 9.17) is 5.26 Å². The van der Waals surface area contributed by atoms with Crippen molar-refractivity contribution >= 4 is 71.5 Å². The van der Waals surface area contributed by atoms with Gasteiger partial charge >= 0.3 is 7.25 Å². The Morgan fingerprint density at radius 1 is 0.475 bits per heavy atom. The van der Waals surface area contributed by atoms with Crippen LogP contribution in [0.1, 0.15) is 19.8 Å². The molecule has 3 nitrogen and oxygen atoms in total. The molecule has 0 N–H and O–H groups in total. The van der Waals surface area contributed by atoms with Crippen molar-refractivity contribution in [1.29, 1.82) is 5.26 Å². The summed E-state index contributed by atoms with van der Waals surface area (Å²) in [4.78, 5) is 5.60. The summed E-state index contributed by atoms with van der Waals surface area (Å²) >= 11 is 0. The molecule has 13 heteroatoms. The minimum Gasteiger partial charge on any atom is -0.418 e. The first-order valence-electron chi connectivity index (χ1n) is 20.2. The summed E-state index contributed by atoms with van der Waals surface area (Å²) in [5.74, 6) is 0. The van der Waals surface area contributed by atoms with Crippen LogP contribution in [0.4, 0.5) is 28.6 Å². The van der Waals surface area contributed by atoms with Crippen LogP contribution in [0.5, 0.6) is 0 Å². The number of halogens is 4. The van der Waals surface area contributed by atoms with Gasteiger partial charge in [0.25, 0.3) is 0 Å². The van der Waals surface area contributed by atoms with Gasteiger partial charge in [-0.2, -0.15) is 5.26 Å². The van der Waals surface area contributed by atoms with Crippen molar-refractivity contribution in [2.75, 3.05) is 59.6 Å². The van der Waals surface area contributed by atoms with Gasteiger partial charge in [-0.05, 0) is 98.8 Å². The van der Waals surface area contributed by atoms with Crippen LogP contribution >= 0.6 is 31.7 Å². The van der Waals surface area contributed by atoms with Crippen LogP contribution in [0.3, 0.4) is 0 Å². The smallest absolute Gasteiger partial charge is 0.418 e. The molecule has 321 valence electrons. The van der Waals surface area contributed by atoms with Crippen molar-refractivity contribution in [3.8, 4) is 6.07 Å². The molecule has 0 unspecified atom stereocenters. The second-order valence-electron chi connectivity index (χ2n) is 14.2. The van der Waals surface area contributed by atoms with Crippen LogP contribution in [-0.4, -0.2) is 57.0 Å². The van der Waals surface area contributed by atoms with E-state index < -0.39 is 7.25 Å². The Bertz CT molecular complexity index is 1860. The quantitative estimate of drug-likeness (QED) is 0.0619. The van der Waals surface area contributed by atoms with E-state index in [9.17, 15) is 17.3 Å². The molecule has 0 amide bonds. The van der Waals surface area contributed by atoms with Crippen molar-refractivity contribution in [2.45, 2.75) is 19.8 Å². The molecule has 7 rings (SSSR count). The molecule has 1 fully saturated rings. The zero-order chi connectivity index (χ0) is 42.4.